The van der Waals surface area contributed by atoms with Crippen molar-refractivity contribution in [2.24, 2.45) is 5.92 Å². The molecule has 0 aliphatic carbocycles. The first-order valence-corrected chi connectivity index (χ1v) is 4.81. The van der Waals surface area contributed by atoms with E-state index in [1.54, 1.807) is 13.8 Å². The van der Waals surface area contributed by atoms with Crippen molar-refractivity contribution in [3.8, 4) is 0 Å². The molecule has 0 spiro atoms. The highest BCUT2D eigenvalue weighted by Crippen LogP contribution is 2.25. The van der Waals surface area contributed by atoms with Gasteiger partial charge < -0.3 is 5.11 Å². The van der Waals surface area contributed by atoms with Gasteiger partial charge in [0.2, 0.25) is 0 Å². The van der Waals surface area contributed by atoms with Crippen LogP contribution in [-0.2, 0) is 4.79 Å². The number of hydrogen-bond acceptors (Lipinski definition) is 1. The minimum absolute atomic E-state index is 0.124. The highest BCUT2D eigenvalue weighted by Gasteiger charge is 2.13. The van der Waals surface area contributed by atoms with Crippen LogP contribution in [0.3, 0.4) is 0 Å². The molecule has 86 valence electrons. The van der Waals surface area contributed by atoms with Gasteiger partial charge in [-0.1, -0.05) is 13.8 Å². The number of allylic oxidation sites excluding steroid dienone is 1. The lowest BCUT2D eigenvalue weighted by Crippen LogP contribution is -2.01. The van der Waals surface area contributed by atoms with Gasteiger partial charge in [-0.05, 0) is 23.6 Å². The minimum atomic E-state index is -1.15. The maximum atomic E-state index is 13.4. The summed E-state index contributed by atoms with van der Waals surface area (Å²) in [6.07, 6.45) is 0.945. The molecular formula is C12H12F2O2. The quantitative estimate of drug-likeness (QED) is 0.804. The van der Waals surface area contributed by atoms with Crippen molar-refractivity contribution < 1.29 is 18.7 Å². The van der Waals surface area contributed by atoms with E-state index in [9.17, 15) is 13.6 Å². The maximum Gasteiger partial charge on any atom is 0.328 e. The minimum Gasteiger partial charge on any atom is -0.478 e. The predicted octanol–water partition coefficient (Wildman–Crippen LogP) is 3.09. The summed E-state index contributed by atoms with van der Waals surface area (Å²) in [5.74, 6) is -2.73. The van der Waals surface area contributed by atoms with Gasteiger partial charge in [0.15, 0.2) is 0 Å². The molecule has 0 saturated carbocycles. The molecule has 1 aromatic rings. The van der Waals surface area contributed by atoms with E-state index in [1.165, 1.54) is 6.07 Å². The van der Waals surface area contributed by atoms with E-state index in [1.807, 2.05) is 0 Å². The summed E-state index contributed by atoms with van der Waals surface area (Å²) in [7, 11) is 0. The fourth-order valence-corrected chi connectivity index (χ4v) is 1.41. The van der Waals surface area contributed by atoms with Crippen molar-refractivity contribution in [2.45, 2.75) is 13.8 Å². The predicted molar refractivity (Wildman–Crippen MR) is 56.8 cm³/mol. The Morgan fingerprint density at radius 1 is 1.38 bits per heavy atom. The van der Waals surface area contributed by atoms with E-state index >= 15 is 0 Å². The standard InChI is InChI=1S/C12H12F2O2/c1-7(2)10(6-12(15)16)9-4-3-8(13)5-11(9)14/h3-7H,1-2H3,(H,15,16)/b10-6+. The van der Waals surface area contributed by atoms with Crippen LogP contribution in [0.25, 0.3) is 5.57 Å². The molecule has 0 heterocycles. The van der Waals surface area contributed by atoms with Gasteiger partial charge in [0, 0.05) is 17.7 Å². The third kappa shape index (κ3) is 2.89. The molecule has 0 aliphatic rings. The van der Waals surface area contributed by atoms with Crippen molar-refractivity contribution in [3.05, 3.63) is 41.5 Å². The molecule has 0 fully saturated rings. The van der Waals surface area contributed by atoms with Crippen molar-refractivity contribution in [1.29, 1.82) is 0 Å². The van der Waals surface area contributed by atoms with Gasteiger partial charge in [0.1, 0.15) is 11.6 Å². The fraction of sp³-hybridized carbons (Fsp3) is 0.250. The summed E-state index contributed by atoms with van der Waals surface area (Å²) < 4.78 is 26.1. The van der Waals surface area contributed by atoms with Crippen molar-refractivity contribution in [2.75, 3.05) is 0 Å². The number of carbonyl (C=O) groups is 1. The molecule has 0 atom stereocenters. The number of hydrogen-bond donors (Lipinski definition) is 1. The highest BCUT2D eigenvalue weighted by molar-refractivity contribution is 5.90. The summed E-state index contributed by atoms with van der Waals surface area (Å²) in [6.45, 7) is 3.50. The lowest BCUT2D eigenvalue weighted by atomic mass is 9.94. The number of carboxylic acid groups (broad SMARTS) is 1. The van der Waals surface area contributed by atoms with Gasteiger partial charge in [-0.15, -0.1) is 0 Å². The zero-order valence-electron chi connectivity index (χ0n) is 9.00. The number of benzene rings is 1. The third-order valence-corrected chi connectivity index (χ3v) is 2.14. The Hall–Kier alpha value is -1.71. The van der Waals surface area contributed by atoms with Gasteiger partial charge in [-0.3, -0.25) is 0 Å². The number of rotatable bonds is 3. The summed E-state index contributed by atoms with van der Waals surface area (Å²) in [6, 6.07) is 3.10. The van der Waals surface area contributed by atoms with E-state index in [2.05, 4.69) is 0 Å². The lowest BCUT2D eigenvalue weighted by Gasteiger charge is -2.11. The average molecular weight is 226 g/mol. The monoisotopic (exact) mass is 226 g/mol. The second-order valence-electron chi connectivity index (χ2n) is 3.72. The van der Waals surface area contributed by atoms with Gasteiger partial charge in [0.25, 0.3) is 0 Å². The Morgan fingerprint density at radius 3 is 2.44 bits per heavy atom. The Bertz CT molecular complexity index is 437. The molecule has 0 amide bonds. The van der Waals surface area contributed by atoms with Gasteiger partial charge in [-0.2, -0.15) is 0 Å². The first-order valence-electron chi connectivity index (χ1n) is 4.81. The molecule has 1 N–H and O–H groups in total. The number of carboxylic acids is 1. The SMILES string of the molecule is CC(C)/C(=C\C(=O)O)c1ccc(F)cc1F. The Morgan fingerprint density at radius 2 is 2.00 bits per heavy atom. The van der Waals surface area contributed by atoms with Crippen LogP contribution >= 0.6 is 0 Å². The van der Waals surface area contributed by atoms with Crippen LogP contribution in [0.4, 0.5) is 8.78 Å². The third-order valence-electron chi connectivity index (χ3n) is 2.14. The summed E-state index contributed by atoms with van der Waals surface area (Å²) in [4.78, 5) is 10.6. The molecule has 4 heteroatoms. The van der Waals surface area contributed by atoms with Crippen LogP contribution in [-0.4, -0.2) is 11.1 Å². The topological polar surface area (TPSA) is 37.3 Å². The van der Waals surface area contributed by atoms with Crippen LogP contribution in [0.5, 0.6) is 0 Å². The first kappa shape index (κ1) is 12.4. The zero-order valence-corrected chi connectivity index (χ0v) is 9.00. The van der Waals surface area contributed by atoms with Crippen molar-refractivity contribution in [3.63, 3.8) is 0 Å². The van der Waals surface area contributed by atoms with Gasteiger partial charge in [0.05, 0.1) is 0 Å². The van der Waals surface area contributed by atoms with Gasteiger partial charge in [-0.25, -0.2) is 13.6 Å². The molecule has 0 saturated heterocycles. The second-order valence-corrected chi connectivity index (χ2v) is 3.72. The molecule has 0 bridgehead atoms. The summed E-state index contributed by atoms with van der Waals surface area (Å²) >= 11 is 0. The van der Waals surface area contributed by atoms with E-state index in [0.29, 0.717) is 5.57 Å². The van der Waals surface area contributed by atoms with E-state index in [0.717, 1.165) is 18.2 Å². The molecule has 1 aromatic carbocycles. The molecule has 1 rings (SSSR count). The smallest absolute Gasteiger partial charge is 0.328 e. The fourth-order valence-electron chi connectivity index (χ4n) is 1.41. The van der Waals surface area contributed by atoms with E-state index in [-0.39, 0.29) is 11.5 Å². The molecular weight excluding hydrogens is 214 g/mol. The molecule has 0 unspecified atom stereocenters. The molecule has 0 radical (unpaired) electrons. The van der Waals surface area contributed by atoms with Crippen molar-refractivity contribution >= 4 is 11.5 Å². The van der Waals surface area contributed by atoms with Crippen LogP contribution in [0, 0.1) is 17.6 Å². The summed E-state index contributed by atoms with van der Waals surface area (Å²) in [5, 5.41) is 8.67. The van der Waals surface area contributed by atoms with E-state index in [4.69, 9.17) is 5.11 Å². The van der Waals surface area contributed by atoms with Crippen LogP contribution in [0.2, 0.25) is 0 Å². The highest BCUT2D eigenvalue weighted by atomic mass is 19.1. The van der Waals surface area contributed by atoms with Crippen LogP contribution < -0.4 is 0 Å². The zero-order chi connectivity index (χ0) is 12.3. The normalized spacial score (nSPS) is 11.9. The Labute approximate surface area is 92.2 Å². The molecule has 0 aromatic heterocycles. The molecule has 0 aliphatic heterocycles. The average Bonchev–Trinajstić information content (AvgIpc) is 2.14. The van der Waals surface area contributed by atoms with Crippen LogP contribution in [0.1, 0.15) is 19.4 Å². The largest absolute Gasteiger partial charge is 0.478 e. The molecule has 16 heavy (non-hydrogen) atoms. The summed E-state index contributed by atoms with van der Waals surface area (Å²) in [5.41, 5.74) is 0.462. The lowest BCUT2D eigenvalue weighted by molar-refractivity contribution is -0.131. The Balaban J connectivity index is 3.27. The van der Waals surface area contributed by atoms with Gasteiger partial charge >= 0.3 is 5.97 Å². The second kappa shape index (κ2) is 4.88. The van der Waals surface area contributed by atoms with Crippen LogP contribution in [0.15, 0.2) is 24.3 Å². The number of halogens is 2. The van der Waals surface area contributed by atoms with Crippen molar-refractivity contribution in [1.82, 2.24) is 0 Å². The maximum absolute atomic E-state index is 13.4. The number of aliphatic carboxylic acids is 1. The first-order chi connectivity index (χ1) is 7.41. The molecule has 2 nitrogen and oxygen atoms in total. The Kier molecular flexibility index (Phi) is 3.77. The van der Waals surface area contributed by atoms with E-state index < -0.39 is 17.6 Å².